The standard InChI is InChI=1S/C23H17Cl2N3O2/c24-16-10-11-20-17(12-16)23(15-6-2-1-3-7-15)26-13-22(30)28(20)14-21(29)27-19-9-5-4-8-18(19)25/h1-12H,13-14H2,(H,27,29). The highest BCUT2D eigenvalue weighted by atomic mass is 35.5. The van der Waals surface area contributed by atoms with E-state index in [9.17, 15) is 9.59 Å². The maximum Gasteiger partial charge on any atom is 0.249 e. The quantitative estimate of drug-likeness (QED) is 0.635. The van der Waals surface area contributed by atoms with E-state index in [4.69, 9.17) is 23.2 Å². The molecule has 0 radical (unpaired) electrons. The summed E-state index contributed by atoms with van der Waals surface area (Å²) in [4.78, 5) is 31.5. The van der Waals surface area contributed by atoms with Crippen LogP contribution in [0, 0.1) is 0 Å². The van der Waals surface area contributed by atoms with Gasteiger partial charge in [-0.1, -0.05) is 65.7 Å². The summed E-state index contributed by atoms with van der Waals surface area (Å²) < 4.78 is 0. The van der Waals surface area contributed by atoms with Crippen LogP contribution in [0.2, 0.25) is 10.0 Å². The molecule has 0 spiro atoms. The van der Waals surface area contributed by atoms with Gasteiger partial charge in [0.1, 0.15) is 13.1 Å². The minimum Gasteiger partial charge on any atom is -0.323 e. The van der Waals surface area contributed by atoms with Crippen molar-refractivity contribution in [3.05, 3.63) is 94.0 Å². The first-order chi connectivity index (χ1) is 14.5. The van der Waals surface area contributed by atoms with E-state index in [-0.39, 0.29) is 24.9 Å². The van der Waals surface area contributed by atoms with Crippen molar-refractivity contribution in [2.45, 2.75) is 0 Å². The molecule has 4 rings (SSSR count). The predicted octanol–water partition coefficient (Wildman–Crippen LogP) is 4.82. The number of para-hydroxylation sites is 1. The Bertz CT molecular complexity index is 1150. The van der Waals surface area contributed by atoms with Crippen LogP contribution in [0.25, 0.3) is 0 Å². The van der Waals surface area contributed by atoms with Crippen LogP contribution in [-0.4, -0.2) is 30.6 Å². The molecule has 1 N–H and O–H groups in total. The molecule has 0 fully saturated rings. The number of nitrogens with zero attached hydrogens (tertiary/aromatic N) is 2. The minimum absolute atomic E-state index is 0.0735. The Hall–Kier alpha value is -3.15. The van der Waals surface area contributed by atoms with Crippen molar-refractivity contribution in [1.29, 1.82) is 0 Å². The van der Waals surface area contributed by atoms with Gasteiger partial charge >= 0.3 is 0 Å². The number of anilines is 2. The number of aliphatic imine (C=N–C) groups is 1. The Morgan fingerprint density at radius 1 is 1.00 bits per heavy atom. The number of rotatable bonds is 4. The molecule has 0 saturated heterocycles. The number of hydrogen-bond donors (Lipinski definition) is 1. The van der Waals surface area contributed by atoms with Gasteiger partial charge in [0.25, 0.3) is 0 Å². The minimum atomic E-state index is -0.361. The Morgan fingerprint density at radius 2 is 1.73 bits per heavy atom. The zero-order chi connectivity index (χ0) is 21.1. The molecule has 0 saturated carbocycles. The molecule has 3 aromatic carbocycles. The van der Waals surface area contributed by atoms with Crippen molar-refractivity contribution in [3.8, 4) is 0 Å². The summed E-state index contributed by atoms with van der Waals surface area (Å²) in [6, 6.07) is 21.7. The zero-order valence-electron chi connectivity index (χ0n) is 15.8. The number of carbonyl (C=O) groups excluding carboxylic acids is 2. The monoisotopic (exact) mass is 437 g/mol. The Balaban J connectivity index is 1.68. The molecule has 1 heterocycles. The van der Waals surface area contributed by atoms with Crippen LogP contribution in [0.1, 0.15) is 11.1 Å². The van der Waals surface area contributed by atoms with Crippen molar-refractivity contribution in [1.82, 2.24) is 0 Å². The molecule has 1 aliphatic heterocycles. The van der Waals surface area contributed by atoms with Crippen LogP contribution in [0.15, 0.2) is 77.8 Å². The zero-order valence-corrected chi connectivity index (χ0v) is 17.3. The van der Waals surface area contributed by atoms with Crippen LogP contribution in [-0.2, 0) is 9.59 Å². The van der Waals surface area contributed by atoms with E-state index in [2.05, 4.69) is 10.3 Å². The summed E-state index contributed by atoms with van der Waals surface area (Å²) in [5.74, 6) is -0.640. The first-order valence-electron chi connectivity index (χ1n) is 9.27. The Labute approximate surface area is 183 Å². The van der Waals surface area contributed by atoms with Crippen LogP contribution in [0.4, 0.5) is 11.4 Å². The van der Waals surface area contributed by atoms with Crippen molar-refractivity contribution in [3.63, 3.8) is 0 Å². The number of amides is 2. The molecule has 150 valence electrons. The van der Waals surface area contributed by atoms with Gasteiger partial charge in [-0.05, 0) is 30.3 Å². The van der Waals surface area contributed by atoms with E-state index in [1.807, 2.05) is 30.3 Å². The number of fused-ring (bicyclic) bond motifs is 1. The third-order valence-corrected chi connectivity index (χ3v) is 5.24. The van der Waals surface area contributed by atoms with Crippen molar-refractivity contribution >= 4 is 52.1 Å². The largest absolute Gasteiger partial charge is 0.323 e. The van der Waals surface area contributed by atoms with Crippen molar-refractivity contribution in [2.24, 2.45) is 4.99 Å². The van der Waals surface area contributed by atoms with Gasteiger partial charge in [-0.3, -0.25) is 14.6 Å². The number of carbonyl (C=O) groups is 2. The summed E-state index contributed by atoms with van der Waals surface area (Å²) in [6.45, 7) is -0.244. The third kappa shape index (κ3) is 4.22. The van der Waals surface area contributed by atoms with E-state index < -0.39 is 0 Å². The van der Waals surface area contributed by atoms with E-state index in [1.165, 1.54) is 4.90 Å². The molecule has 1 aliphatic rings. The van der Waals surface area contributed by atoms with Gasteiger partial charge in [0.05, 0.1) is 22.1 Å². The van der Waals surface area contributed by atoms with Gasteiger partial charge in [0.15, 0.2) is 0 Å². The molecule has 2 amide bonds. The average molecular weight is 438 g/mol. The summed E-state index contributed by atoms with van der Waals surface area (Å²) >= 11 is 12.4. The normalized spacial score (nSPS) is 13.3. The summed E-state index contributed by atoms with van der Waals surface area (Å²) in [7, 11) is 0. The maximum atomic E-state index is 12.9. The second-order valence-electron chi connectivity index (χ2n) is 6.70. The highest BCUT2D eigenvalue weighted by Gasteiger charge is 2.27. The number of benzene rings is 3. The fourth-order valence-electron chi connectivity index (χ4n) is 3.30. The topological polar surface area (TPSA) is 61.8 Å². The molecular weight excluding hydrogens is 421 g/mol. The first kappa shape index (κ1) is 20.1. The fourth-order valence-corrected chi connectivity index (χ4v) is 3.65. The summed E-state index contributed by atoms with van der Waals surface area (Å²) in [6.07, 6.45) is 0. The highest BCUT2D eigenvalue weighted by molar-refractivity contribution is 6.34. The molecular formula is C23H17Cl2N3O2. The molecule has 0 atom stereocenters. The Kier molecular flexibility index (Phi) is 5.84. The number of benzodiazepines with no additional fused rings is 1. The molecule has 3 aromatic rings. The van der Waals surface area contributed by atoms with Gasteiger partial charge in [0.2, 0.25) is 11.8 Å². The number of nitrogens with one attached hydrogen (secondary N) is 1. The lowest BCUT2D eigenvalue weighted by atomic mass is 10.00. The molecule has 5 nitrogen and oxygen atoms in total. The van der Waals surface area contributed by atoms with E-state index in [0.29, 0.717) is 32.7 Å². The highest BCUT2D eigenvalue weighted by Crippen LogP contribution is 2.30. The van der Waals surface area contributed by atoms with E-state index in [0.717, 1.165) is 5.56 Å². The molecule has 0 aliphatic carbocycles. The lowest BCUT2D eigenvalue weighted by Crippen LogP contribution is -2.39. The molecule has 0 bridgehead atoms. The van der Waals surface area contributed by atoms with Crippen LogP contribution in [0.5, 0.6) is 0 Å². The van der Waals surface area contributed by atoms with Gasteiger partial charge in [-0.15, -0.1) is 0 Å². The van der Waals surface area contributed by atoms with Crippen molar-refractivity contribution < 1.29 is 9.59 Å². The lowest BCUT2D eigenvalue weighted by molar-refractivity contribution is -0.120. The van der Waals surface area contributed by atoms with Gasteiger partial charge in [-0.25, -0.2) is 0 Å². The Morgan fingerprint density at radius 3 is 2.50 bits per heavy atom. The SMILES string of the molecule is O=C(CN1C(=O)CN=C(c2ccccc2)c2cc(Cl)ccc21)Nc1ccccc1Cl. The third-order valence-electron chi connectivity index (χ3n) is 4.67. The van der Waals surface area contributed by atoms with E-state index in [1.54, 1.807) is 42.5 Å². The van der Waals surface area contributed by atoms with E-state index >= 15 is 0 Å². The number of hydrogen-bond acceptors (Lipinski definition) is 3. The average Bonchev–Trinajstić information content (AvgIpc) is 2.87. The molecule has 7 heteroatoms. The summed E-state index contributed by atoms with van der Waals surface area (Å²) in [5, 5.41) is 3.70. The van der Waals surface area contributed by atoms with Crippen molar-refractivity contribution in [2.75, 3.05) is 23.3 Å². The lowest BCUT2D eigenvalue weighted by Gasteiger charge is -2.23. The smallest absolute Gasteiger partial charge is 0.249 e. The van der Waals surface area contributed by atoms with Gasteiger partial charge < -0.3 is 10.2 Å². The van der Waals surface area contributed by atoms with Crippen LogP contribution < -0.4 is 10.2 Å². The van der Waals surface area contributed by atoms with Crippen LogP contribution in [0.3, 0.4) is 0 Å². The molecule has 30 heavy (non-hydrogen) atoms. The summed E-state index contributed by atoms with van der Waals surface area (Å²) in [5.41, 5.74) is 3.31. The van der Waals surface area contributed by atoms with Gasteiger partial charge in [0, 0.05) is 16.1 Å². The first-order valence-corrected chi connectivity index (χ1v) is 10.0. The second-order valence-corrected chi connectivity index (χ2v) is 7.54. The maximum absolute atomic E-state index is 12.9. The van der Waals surface area contributed by atoms with Crippen LogP contribution >= 0.6 is 23.2 Å². The molecule has 0 unspecified atom stereocenters. The predicted molar refractivity (Wildman–Crippen MR) is 121 cm³/mol. The second kappa shape index (κ2) is 8.69. The van der Waals surface area contributed by atoms with Gasteiger partial charge in [-0.2, -0.15) is 0 Å². The number of halogens is 2. The fraction of sp³-hybridized carbons (Fsp3) is 0.0870. The molecule has 0 aromatic heterocycles.